The molecule has 1 aromatic rings. The van der Waals surface area contributed by atoms with Crippen molar-refractivity contribution in [3.63, 3.8) is 0 Å². The van der Waals surface area contributed by atoms with Crippen LogP contribution in [0.15, 0.2) is 30.3 Å². The number of ether oxygens (including phenoxy) is 1. The predicted molar refractivity (Wildman–Crippen MR) is 108 cm³/mol. The molecule has 0 radical (unpaired) electrons. The molecule has 0 amide bonds. The smallest absolute Gasteiger partial charge is 0.387 e. The number of hydrogen-bond donors (Lipinski definition) is 0. The SMILES string of the molecule is CCCCCC1CCC(C2CC=C(c3ccc(OC(F)F)cc3)CC2)CC1. The van der Waals surface area contributed by atoms with Gasteiger partial charge >= 0.3 is 6.61 Å². The van der Waals surface area contributed by atoms with Crippen LogP contribution >= 0.6 is 0 Å². The van der Waals surface area contributed by atoms with Crippen LogP contribution in [0, 0.1) is 17.8 Å². The van der Waals surface area contributed by atoms with E-state index in [1.165, 1.54) is 69.8 Å². The third-order valence-corrected chi connectivity index (χ3v) is 6.68. The quantitative estimate of drug-likeness (QED) is 0.420. The Kier molecular flexibility index (Phi) is 7.72. The standard InChI is InChI=1S/C24H34F2O/c1-2-3-4-5-18-6-8-19(9-7-18)20-10-12-21(13-11-20)22-14-16-23(17-15-22)27-24(25)26/h12,14-20,24H,2-11,13H2,1H3. The molecule has 0 saturated heterocycles. The van der Waals surface area contributed by atoms with Crippen LogP contribution in [0.25, 0.3) is 5.57 Å². The van der Waals surface area contributed by atoms with Gasteiger partial charge in [0, 0.05) is 0 Å². The molecule has 27 heavy (non-hydrogen) atoms. The Morgan fingerprint density at radius 3 is 2.30 bits per heavy atom. The molecule has 0 aliphatic heterocycles. The average molecular weight is 377 g/mol. The summed E-state index contributed by atoms with van der Waals surface area (Å²) in [5, 5.41) is 0. The number of halogens is 2. The van der Waals surface area contributed by atoms with Crippen molar-refractivity contribution in [3.8, 4) is 5.75 Å². The molecular formula is C24H34F2O. The summed E-state index contributed by atoms with van der Waals surface area (Å²) in [6, 6.07) is 7.11. The number of rotatable bonds is 8. The van der Waals surface area contributed by atoms with Crippen LogP contribution in [0.3, 0.4) is 0 Å². The fourth-order valence-corrected chi connectivity index (χ4v) is 5.03. The average Bonchev–Trinajstić information content (AvgIpc) is 2.69. The number of unbranched alkanes of at least 4 members (excludes halogenated alkanes) is 2. The van der Waals surface area contributed by atoms with Crippen molar-refractivity contribution in [2.24, 2.45) is 17.8 Å². The van der Waals surface area contributed by atoms with E-state index in [1.54, 1.807) is 12.1 Å². The fourth-order valence-electron chi connectivity index (χ4n) is 5.03. The van der Waals surface area contributed by atoms with Crippen LogP contribution in [-0.4, -0.2) is 6.61 Å². The van der Waals surface area contributed by atoms with Crippen molar-refractivity contribution in [2.45, 2.75) is 84.2 Å². The first-order valence-electron chi connectivity index (χ1n) is 10.9. The van der Waals surface area contributed by atoms with Gasteiger partial charge in [-0.1, -0.05) is 63.7 Å². The molecule has 1 saturated carbocycles. The first kappa shape index (κ1) is 20.4. The largest absolute Gasteiger partial charge is 0.435 e. The zero-order valence-electron chi connectivity index (χ0n) is 16.6. The zero-order chi connectivity index (χ0) is 19.1. The summed E-state index contributed by atoms with van der Waals surface area (Å²) in [5.74, 6) is 2.97. The maximum atomic E-state index is 12.3. The maximum Gasteiger partial charge on any atom is 0.387 e. The summed E-state index contributed by atoms with van der Waals surface area (Å²) in [7, 11) is 0. The summed E-state index contributed by atoms with van der Waals surface area (Å²) in [6.45, 7) is -0.472. The fraction of sp³-hybridized carbons (Fsp3) is 0.667. The number of alkyl halides is 2. The van der Waals surface area contributed by atoms with Crippen molar-refractivity contribution >= 4 is 5.57 Å². The Morgan fingerprint density at radius 2 is 1.70 bits per heavy atom. The van der Waals surface area contributed by atoms with Gasteiger partial charge in [-0.15, -0.1) is 0 Å². The molecule has 3 rings (SSSR count). The van der Waals surface area contributed by atoms with Gasteiger partial charge in [-0.25, -0.2) is 0 Å². The molecule has 3 heteroatoms. The monoisotopic (exact) mass is 376 g/mol. The molecule has 150 valence electrons. The van der Waals surface area contributed by atoms with Gasteiger partial charge in [0.1, 0.15) is 5.75 Å². The van der Waals surface area contributed by atoms with E-state index >= 15 is 0 Å². The lowest BCUT2D eigenvalue weighted by Gasteiger charge is -2.35. The normalized spacial score (nSPS) is 26.1. The highest BCUT2D eigenvalue weighted by Crippen LogP contribution is 2.42. The van der Waals surface area contributed by atoms with Crippen LogP contribution in [0.2, 0.25) is 0 Å². The van der Waals surface area contributed by atoms with Crippen molar-refractivity contribution in [1.29, 1.82) is 0 Å². The second-order valence-electron chi connectivity index (χ2n) is 8.44. The van der Waals surface area contributed by atoms with Crippen LogP contribution in [0.5, 0.6) is 5.75 Å². The lowest BCUT2D eigenvalue weighted by atomic mass is 9.70. The van der Waals surface area contributed by atoms with Gasteiger partial charge in [-0.05, 0) is 73.1 Å². The van der Waals surface area contributed by atoms with Crippen molar-refractivity contribution in [1.82, 2.24) is 0 Å². The van der Waals surface area contributed by atoms with E-state index in [4.69, 9.17) is 0 Å². The number of allylic oxidation sites excluding steroid dienone is 2. The first-order valence-corrected chi connectivity index (χ1v) is 10.9. The summed E-state index contributed by atoms with van der Waals surface area (Å²) in [5.41, 5.74) is 2.51. The Hall–Kier alpha value is -1.38. The van der Waals surface area contributed by atoms with Gasteiger partial charge in [0.15, 0.2) is 0 Å². The van der Waals surface area contributed by atoms with E-state index in [0.717, 1.165) is 29.7 Å². The molecule has 0 spiro atoms. The van der Waals surface area contributed by atoms with Gasteiger partial charge in [-0.2, -0.15) is 8.78 Å². The van der Waals surface area contributed by atoms with E-state index < -0.39 is 6.61 Å². The highest BCUT2D eigenvalue weighted by molar-refractivity contribution is 5.66. The molecule has 0 bridgehead atoms. The molecule has 2 aliphatic rings. The Morgan fingerprint density at radius 1 is 0.963 bits per heavy atom. The minimum absolute atomic E-state index is 0.235. The third kappa shape index (κ3) is 6.05. The van der Waals surface area contributed by atoms with Crippen LogP contribution in [-0.2, 0) is 0 Å². The Labute approximate surface area is 163 Å². The Balaban J connectivity index is 1.46. The van der Waals surface area contributed by atoms with Crippen molar-refractivity contribution in [3.05, 3.63) is 35.9 Å². The van der Waals surface area contributed by atoms with E-state index in [0.29, 0.717) is 0 Å². The van der Waals surface area contributed by atoms with E-state index in [2.05, 4.69) is 17.7 Å². The summed E-state index contributed by atoms with van der Waals surface area (Å²) >= 11 is 0. The predicted octanol–water partition coefficient (Wildman–Crippen LogP) is 7.86. The molecule has 2 aliphatic carbocycles. The highest BCUT2D eigenvalue weighted by atomic mass is 19.3. The molecule has 1 aromatic carbocycles. The number of hydrogen-bond acceptors (Lipinski definition) is 1. The first-order chi connectivity index (χ1) is 13.2. The zero-order valence-corrected chi connectivity index (χ0v) is 16.6. The van der Waals surface area contributed by atoms with E-state index in [1.807, 2.05) is 12.1 Å². The second-order valence-corrected chi connectivity index (χ2v) is 8.44. The number of benzene rings is 1. The summed E-state index contributed by atoms with van der Waals surface area (Å²) < 4.78 is 29.0. The summed E-state index contributed by atoms with van der Waals surface area (Å²) in [6.07, 6.45) is 17.2. The Bertz CT molecular complexity index is 585. The lowest BCUT2D eigenvalue weighted by Crippen LogP contribution is -2.23. The van der Waals surface area contributed by atoms with Crippen molar-refractivity contribution < 1.29 is 13.5 Å². The maximum absolute atomic E-state index is 12.3. The van der Waals surface area contributed by atoms with Gasteiger partial charge in [-0.3, -0.25) is 0 Å². The molecule has 1 nitrogen and oxygen atoms in total. The molecule has 0 aromatic heterocycles. The molecule has 1 atom stereocenters. The van der Waals surface area contributed by atoms with Gasteiger partial charge in [0.05, 0.1) is 0 Å². The van der Waals surface area contributed by atoms with Gasteiger partial charge in [0.25, 0.3) is 0 Å². The minimum Gasteiger partial charge on any atom is -0.435 e. The van der Waals surface area contributed by atoms with E-state index in [-0.39, 0.29) is 5.75 Å². The topological polar surface area (TPSA) is 9.23 Å². The lowest BCUT2D eigenvalue weighted by molar-refractivity contribution is -0.0498. The molecule has 0 N–H and O–H groups in total. The molecule has 1 unspecified atom stereocenters. The van der Waals surface area contributed by atoms with Crippen LogP contribution < -0.4 is 4.74 Å². The van der Waals surface area contributed by atoms with Gasteiger partial charge in [0.2, 0.25) is 0 Å². The van der Waals surface area contributed by atoms with E-state index in [9.17, 15) is 8.78 Å². The minimum atomic E-state index is -2.76. The molecular weight excluding hydrogens is 342 g/mol. The van der Waals surface area contributed by atoms with Crippen molar-refractivity contribution in [2.75, 3.05) is 0 Å². The van der Waals surface area contributed by atoms with Crippen LogP contribution in [0.4, 0.5) is 8.78 Å². The third-order valence-electron chi connectivity index (χ3n) is 6.68. The van der Waals surface area contributed by atoms with Gasteiger partial charge < -0.3 is 4.74 Å². The molecule has 0 heterocycles. The summed E-state index contributed by atoms with van der Waals surface area (Å²) in [4.78, 5) is 0. The second kappa shape index (κ2) is 10.2. The molecule has 1 fully saturated rings. The highest BCUT2D eigenvalue weighted by Gasteiger charge is 2.28. The van der Waals surface area contributed by atoms with Crippen LogP contribution in [0.1, 0.15) is 83.1 Å².